The van der Waals surface area contributed by atoms with Crippen LogP contribution in [0.2, 0.25) is 0 Å². The number of nitrogens with zero attached hydrogens (tertiary/aromatic N) is 1. The molecule has 0 radical (unpaired) electrons. The molecule has 1 aromatic carbocycles. The molecule has 0 saturated heterocycles. The number of ether oxygens (including phenoxy) is 1. The number of rotatable bonds is 8. The van der Waals surface area contributed by atoms with Crippen LogP contribution in [-0.4, -0.2) is 49.4 Å². The van der Waals surface area contributed by atoms with Crippen molar-refractivity contribution < 1.29 is 9.84 Å². The summed E-state index contributed by atoms with van der Waals surface area (Å²) < 4.78 is 6.15. The van der Waals surface area contributed by atoms with Crippen LogP contribution >= 0.6 is 15.9 Å². The maximum Gasteiger partial charge on any atom is 0.135 e. The van der Waals surface area contributed by atoms with Crippen LogP contribution < -0.4 is 10.1 Å². The van der Waals surface area contributed by atoms with Crippen molar-refractivity contribution in [2.75, 3.05) is 38.6 Å². The molecule has 1 rings (SSSR count). The first kappa shape index (κ1) is 16.3. The molecule has 0 saturated carbocycles. The number of aliphatic hydroxyl groups excluding tert-OH is 1. The third-order valence-electron chi connectivity index (χ3n) is 3.06. The van der Waals surface area contributed by atoms with Gasteiger partial charge in [-0.2, -0.15) is 0 Å². The van der Waals surface area contributed by atoms with E-state index in [9.17, 15) is 5.11 Å². The Morgan fingerprint density at radius 3 is 2.63 bits per heavy atom. The van der Waals surface area contributed by atoms with Crippen LogP contribution in [0.3, 0.4) is 0 Å². The van der Waals surface area contributed by atoms with E-state index in [0.29, 0.717) is 13.1 Å². The predicted molar refractivity (Wildman–Crippen MR) is 83.0 cm³/mol. The number of hydrogen-bond donors (Lipinski definition) is 2. The van der Waals surface area contributed by atoms with E-state index in [1.165, 1.54) is 0 Å². The first-order valence-electron chi connectivity index (χ1n) is 6.58. The Labute approximate surface area is 123 Å². The van der Waals surface area contributed by atoms with Gasteiger partial charge >= 0.3 is 0 Å². The van der Waals surface area contributed by atoms with Crippen LogP contribution in [-0.2, 0) is 0 Å². The number of nitrogens with one attached hydrogen (secondary N) is 1. The fourth-order valence-corrected chi connectivity index (χ4v) is 2.26. The molecule has 0 aliphatic heterocycles. The van der Waals surface area contributed by atoms with Gasteiger partial charge in [0.2, 0.25) is 0 Å². The lowest BCUT2D eigenvalue weighted by molar-refractivity contribution is 0.128. The minimum Gasteiger partial charge on any atom is -0.495 e. The third-order valence-corrected chi connectivity index (χ3v) is 3.71. The van der Waals surface area contributed by atoms with Crippen LogP contribution in [0.5, 0.6) is 5.75 Å². The van der Waals surface area contributed by atoms with Gasteiger partial charge in [0.05, 0.1) is 17.7 Å². The summed E-state index contributed by atoms with van der Waals surface area (Å²) in [4.78, 5) is 2.20. The van der Waals surface area contributed by atoms with Crippen molar-refractivity contribution in [1.82, 2.24) is 4.90 Å². The van der Waals surface area contributed by atoms with Crippen LogP contribution in [0.15, 0.2) is 22.7 Å². The molecule has 1 unspecified atom stereocenters. The lowest BCUT2D eigenvalue weighted by atomic mass is 10.2. The van der Waals surface area contributed by atoms with Crippen molar-refractivity contribution in [3.63, 3.8) is 0 Å². The molecule has 0 aliphatic rings. The van der Waals surface area contributed by atoms with Crippen LogP contribution in [0.4, 0.5) is 5.69 Å². The largest absolute Gasteiger partial charge is 0.495 e. The highest BCUT2D eigenvalue weighted by molar-refractivity contribution is 9.10. The molecular weight excluding hydrogens is 308 g/mol. The molecule has 0 aromatic heterocycles. The van der Waals surface area contributed by atoms with Gasteiger partial charge in [0.25, 0.3) is 0 Å². The number of aliphatic hydroxyl groups is 1. The molecule has 0 spiro atoms. The molecule has 4 nitrogen and oxygen atoms in total. The smallest absolute Gasteiger partial charge is 0.135 e. The predicted octanol–water partition coefficient (Wildman–Crippen LogP) is 2.57. The summed E-state index contributed by atoms with van der Waals surface area (Å²) >= 11 is 3.41. The number of likely N-dealkylation sites (N-methyl/N-ethyl adjacent to an activating group) is 1. The van der Waals surface area contributed by atoms with Gasteiger partial charge in [-0.1, -0.05) is 13.8 Å². The lowest BCUT2D eigenvalue weighted by Gasteiger charge is -2.22. The Kier molecular flexibility index (Phi) is 7.20. The second-order valence-electron chi connectivity index (χ2n) is 4.37. The van der Waals surface area contributed by atoms with Crippen LogP contribution in [0.1, 0.15) is 13.8 Å². The Morgan fingerprint density at radius 1 is 1.37 bits per heavy atom. The highest BCUT2D eigenvalue weighted by Crippen LogP contribution is 2.27. The normalized spacial score (nSPS) is 12.5. The molecule has 0 aliphatic carbocycles. The van der Waals surface area contributed by atoms with Crippen molar-refractivity contribution in [3.05, 3.63) is 22.7 Å². The zero-order chi connectivity index (χ0) is 14.3. The SMILES string of the molecule is CCN(CC)CC(O)CNc1ccc(Br)c(OC)c1. The van der Waals surface area contributed by atoms with Gasteiger partial charge in [0, 0.05) is 24.8 Å². The van der Waals surface area contributed by atoms with Crippen molar-refractivity contribution >= 4 is 21.6 Å². The van der Waals surface area contributed by atoms with Crippen molar-refractivity contribution in [1.29, 1.82) is 0 Å². The number of halogens is 1. The monoisotopic (exact) mass is 330 g/mol. The summed E-state index contributed by atoms with van der Waals surface area (Å²) in [5.41, 5.74) is 0.943. The fourth-order valence-electron chi connectivity index (χ4n) is 1.85. The van der Waals surface area contributed by atoms with E-state index in [-0.39, 0.29) is 6.10 Å². The molecule has 19 heavy (non-hydrogen) atoms. The van der Waals surface area contributed by atoms with Crippen LogP contribution in [0.25, 0.3) is 0 Å². The summed E-state index contributed by atoms with van der Waals surface area (Å²) in [7, 11) is 1.64. The molecule has 0 fully saturated rings. The van der Waals surface area contributed by atoms with Crippen molar-refractivity contribution in [2.24, 2.45) is 0 Å². The van der Waals surface area contributed by atoms with E-state index >= 15 is 0 Å². The maximum absolute atomic E-state index is 9.98. The topological polar surface area (TPSA) is 44.7 Å². The van der Waals surface area contributed by atoms with E-state index in [0.717, 1.165) is 29.0 Å². The number of hydrogen-bond acceptors (Lipinski definition) is 4. The molecule has 0 heterocycles. The molecular formula is C14H23BrN2O2. The number of benzene rings is 1. The Balaban J connectivity index is 2.47. The van der Waals surface area contributed by atoms with Gasteiger partial charge in [-0.3, -0.25) is 0 Å². The van der Waals surface area contributed by atoms with Crippen molar-refractivity contribution in [3.8, 4) is 5.75 Å². The summed E-state index contributed by atoms with van der Waals surface area (Å²) in [6.07, 6.45) is -0.380. The third kappa shape index (κ3) is 5.38. The average molecular weight is 331 g/mol. The quantitative estimate of drug-likeness (QED) is 0.769. The fraction of sp³-hybridized carbons (Fsp3) is 0.571. The van der Waals surface area contributed by atoms with E-state index in [1.807, 2.05) is 18.2 Å². The summed E-state index contributed by atoms with van der Waals surface area (Å²) in [6.45, 7) is 7.33. The summed E-state index contributed by atoms with van der Waals surface area (Å²) in [5.74, 6) is 0.781. The Hall–Kier alpha value is -0.780. The lowest BCUT2D eigenvalue weighted by Crippen LogP contribution is -2.35. The minimum absolute atomic E-state index is 0.380. The molecule has 5 heteroatoms. The summed E-state index contributed by atoms with van der Waals surface area (Å²) in [5, 5.41) is 13.2. The molecule has 0 bridgehead atoms. The van der Waals surface area contributed by atoms with Gasteiger partial charge in [0.15, 0.2) is 0 Å². The molecule has 2 N–H and O–H groups in total. The van der Waals surface area contributed by atoms with Gasteiger partial charge in [-0.15, -0.1) is 0 Å². The van der Waals surface area contributed by atoms with E-state index in [4.69, 9.17) is 4.74 Å². The average Bonchev–Trinajstić information content (AvgIpc) is 2.43. The zero-order valence-corrected chi connectivity index (χ0v) is 13.4. The molecule has 108 valence electrons. The second kappa shape index (κ2) is 8.40. The highest BCUT2D eigenvalue weighted by atomic mass is 79.9. The number of anilines is 1. The molecule has 1 atom stereocenters. The molecule has 0 amide bonds. The first-order chi connectivity index (χ1) is 9.10. The van der Waals surface area contributed by atoms with Crippen LogP contribution in [0, 0.1) is 0 Å². The van der Waals surface area contributed by atoms with Gasteiger partial charge < -0.3 is 20.1 Å². The van der Waals surface area contributed by atoms with Gasteiger partial charge in [0.1, 0.15) is 5.75 Å². The second-order valence-corrected chi connectivity index (χ2v) is 5.22. The Morgan fingerprint density at radius 2 is 2.05 bits per heavy atom. The Bertz CT molecular complexity index is 384. The highest BCUT2D eigenvalue weighted by Gasteiger charge is 2.09. The molecule has 1 aromatic rings. The van der Waals surface area contributed by atoms with Gasteiger partial charge in [-0.05, 0) is 41.2 Å². The van der Waals surface area contributed by atoms with Crippen molar-refractivity contribution in [2.45, 2.75) is 20.0 Å². The van der Waals surface area contributed by atoms with E-state index < -0.39 is 0 Å². The standard InChI is InChI=1S/C14H23BrN2O2/c1-4-17(5-2)10-12(18)9-16-11-6-7-13(15)14(8-11)19-3/h6-8,12,16,18H,4-5,9-10H2,1-3H3. The first-order valence-corrected chi connectivity index (χ1v) is 7.37. The minimum atomic E-state index is -0.380. The number of methoxy groups -OCH3 is 1. The van der Waals surface area contributed by atoms with E-state index in [1.54, 1.807) is 7.11 Å². The van der Waals surface area contributed by atoms with Gasteiger partial charge in [-0.25, -0.2) is 0 Å². The zero-order valence-electron chi connectivity index (χ0n) is 11.8. The maximum atomic E-state index is 9.98. The summed E-state index contributed by atoms with van der Waals surface area (Å²) in [6, 6.07) is 5.79. The van der Waals surface area contributed by atoms with E-state index in [2.05, 4.69) is 40.0 Å².